The number of carbonyl (C=O) groups is 2. The maximum atomic E-state index is 13.0. The Hall–Kier alpha value is -3.42. The molecule has 0 bridgehead atoms. The Balaban J connectivity index is 1.68. The van der Waals surface area contributed by atoms with Gasteiger partial charge in [0.1, 0.15) is 6.04 Å². The van der Waals surface area contributed by atoms with Crippen LogP contribution in [0.15, 0.2) is 49.1 Å². The lowest BCUT2D eigenvalue weighted by Crippen LogP contribution is -2.48. The summed E-state index contributed by atoms with van der Waals surface area (Å²) in [6.45, 7) is 0.192. The number of aliphatic carboxylic acids is 1. The van der Waals surface area contributed by atoms with Gasteiger partial charge in [0.25, 0.3) is 5.91 Å². The summed E-state index contributed by atoms with van der Waals surface area (Å²) in [5.41, 5.74) is 2.63. The van der Waals surface area contributed by atoms with Gasteiger partial charge >= 0.3 is 5.97 Å². The molecular formula is C17H15N5O3. The molecule has 126 valence electrons. The number of carboxylic acids is 1. The number of fused-ring (bicyclic) bond motifs is 1. The van der Waals surface area contributed by atoms with Crippen molar-refractivity contribution in [2.45, 2.75) is 19.0 Å². The van der Waals surface area contributed by atoms with Crippen LogP contribution in [-0.4, -0.2) is 47.7 Å². The summed E-state index contributed by atoms with van der Waals surface area (Å²) in [5.74, 6) is -1.37. The van der Waals surface area contributed by atoms with E-state index in [1.165, 1.54) is 11.2 Å². The number of aromatic nitrogens is 4. The Kier molecular flexibility index (Phi) is 3.57. The van der Waals surface area contributed by atoms with Gasteiger partial charge in [0, 0.05) is 24.4 Å². The number of H-pyrrole nitrogens is 1. The lowest BCUT2D eigenvalue weighted by Gasteiger charge is -2.32. The molecule has 3 heterocycles. The molecule has 1 aliphatic rings. The van der Waals surface area contributed by atoms with E-state index in [2.05, 4.69) is 15.1 Å². The van der Waals surface area contributed by atoms with Crippen molar-refractivity contribution >= 4 is 11.9 Å². The molecule has 1 aliphatic heterocycles. The van der Waals surface area contributed by atoms with Gasteiger partial charge in [-0.15, -0.1) is 0 Å². The fourth-order valence-electron chi connectivity index (χ4n) is 3.04. The van der Waals surface area contributed by atoms with Crippen molar-refractivity contribution in [1.82, 2.24) is 24.6 Å². The molecule has 4 rings (SSSR count). The number of amides is 1. The van der Waals surface area contributed by atoms with E-state index in [0.717, 1.165) is 11.4 Å². The van der Waals surface area contributed by atoms with E-state index >= 15 is 0 Å². The Labute approximate surface area is 142 Å². The second-order valence-electron chi connectivity index (χ2n) is 5.82. The van der Waals surface area contributed by atoms with E-state index < -0.39 is 12.0 Å². The van der Waals surface area contributed by atoms with Crippen LogP contribution >= 0.6 is 0 Å². The fraction of sp³-hybridized carbons (Fsp3) is 0.176. The highest BCUT2D eigenvalue weighted by Crippen LogP contribution is 2.23. The summed E-state index contributed by atoms with van der Waals surface area (Å²) in [4.78, 5) is 33.1. The molecule has 0 saturated heterocycles. The van der Waals surface area contributed by atoms with E-state index in [4.69, 9.17) is 0 Å². The van der Waals surface area contributed by atoms with E-state index in [-0.39, 0.29) is 18.9 Å². The Morgan fingerprint density at radius 3 is 2.92 bits per heavy atom. The molecule has 0 unspecified atom stereocenters. The average molecular weight is 337 g/mol. The number of carbonyl (C=O) groups excluding carboxylic acids is 1. The molecule has 0 spiro atoms. The zero-order valence-electron chi connectivity index (χ0n) is 13.2. The third-order valence-electron chi connectivity index (χ3n) is 4.31. The van der Waals surface area contributed by atoms with Gasteiger partial charge in [-0.2, -0.15) is 5.10 Å². The molecule has 1 atom stereocenters. The van der Waals surface area contributed by atoms with Crippen LogP contribution in [0.4, 0.5) is 0 Å². The van der Waals surface area contributed by atoms with Crippen LogP contribution in [0.3, 0.4) is 0 Å². The minimum atomic E-state index is -1.04. The lowest BCUT2D eigenvalue weighted by molar-refractivity contribution is -0.142. The first-order valence-corrected chi connectivity index (χ1v) is 7.78. The molecule has 2 aromatic heterocycles. The quantitative estimate of drug-likeness (QED) is 0.748. The summed E-state index contributed by atoms with van der Waals surface area (Å²) in [5, 5.41) is 13.7. The number of nitrogens with zero attached hydrogens (tertiary/aromatic N) is 4. The van der Waals surface area contributed by atoms with Crippen LogP contribution < -0.4 is 0 Å². The van der Waals surface area contributed by atoms with E-state index in [1.54, 1.807) is 41.3 Å². The molecule has 1 aromatic carbocycles. The number of hydrogen-bond donors (Lipinski definition) is 2. The Morgan fingerprint density at radius 1 is 1.28 bits per heavy atom. The summed E-state index contributed by atoms with van der Waals surface area (Å²) in [6.07, 6.45) is 5.15. The number of hydrogen-bond acceptors (Lipinski definition) is 4. The summed E-state index contributed by atoms with van der Waals surface area (Å²) in [6, 6.07) is 7.83. The molecule has 3 aromatic rings. The largest absolute Gasteiger partial charge is 0.480 e. The minimum absolute atomic E-state index is 0.192. The second kappa shape index (κ2) is 5.90. The lowest BCUT2D eigenvalue weighted by atomic mass is 10.0. The molecule has 25 heavy (non-hydrogen) atoms. The molecule has 0 aliphatic carbocycles. The number of carboxylic acid groups (broad SMARTS) is 1. The predicted octanol–water partition coefficient (Wildman–Crippen LogP) is 1.25. The van der Waals surface area contributed by atoms with Gasteiger partial charge in [-0.1, -0.05) is 6.07 Å². The zero-order valence-corrected chi connectivity index (χ0v) is 13.2. The van der Waals surface area contributed by atoms with Gasteiger partial charge in [-0.3, -0.25) is 4.79 Å². The van der Waals surface area contributed by atoms with Crippen molar-refractivity contribution in [2.75, 3.05) is 0 Å². The molecule has 2 N–H and O–H groups in total. The maximum absolute atomic E-state index is 13.0. The van der Waals surface area contributed by atoms with Crippen molar-refractivity contribution in [3.8, 4) is 5.69 Å². The Bertz CT molecular complexity index is 931. The van der Waals surface area contributed by atoms with Crippen LogP contribution in [0.2, 0.25) is 0 Å². The van der Waals surface area contributed by atoms with Crippen LogP contribution in [0, 0.1) is 0 Å². The normalized spacial score (nSPS) is 16.5. The van der Waals surface area contributed by atoms with Crippen LogP contribution in [0.25, 0.3) is 5.69 Å². The summed E-state index contributed by atoms with van der Waals surface area (Å²) >= 11 is 0. The monoisotopic (exact) mass is 337 g/mol. The van der Waals surface area contributed by atoms with Crippen molar-refractivity contribution in [3.05, 3.63) is 66.0 Å². The summed E-state index contributed by atoms with van der Waals surface area (Å²) in [7, 11) is 0. The standard InChI is InChI=1S/C17H15N5O3/c23-16(11-3-1-4-12(7-11)22-6-2-5-20-22)21-9-14-13(18-10-19-14)8-15(21)17(24)25/h1-7,10,15H,8-9H2,(H,18,19)(H,24,25)/t15-/m1/s1. The summed E-state index contributed by atoms with van der Waals surface area (Å²) < 4.78 is 1.65. The average Bonchev–Trinajstić information content (AvgIpc) is 3.31. The maximum Gasteiger partial charge on any atom is 0.326 e. The highest BCUT2D eigenvalue weighted by Gasteiger charge is 2.36. The number of nitrogens with one attached hydrogen (secondary N) is 1. The number of benzene rings is 1. The number of aromatic amines is 1. The van der Waals surface area contributed by atoms with Gasteiger partial charge in [0.05, 0.1) is 29.9 Å². The molecule has 0 fully saturated rings. The third kappa shape index (κ3) is 2.67. The van der Waals surface area contributed by atoms with Crippen molar-refractivity contribution in [1.29, 1.82) is 0 Å². The highest BCUT2D eigenvalue weighted by molar-refractivity contribution is 5.97. The van der Waals surface area contributed by atoms with Crippen LogP contribution in [-0.2, 0) is 17.8 Å². The third-order valence-corrected chi connectivity index (χ3v) is 4.31. The predicted molar refractivity (Wildman–Crippen MR) is 87.2 cm³/mol. The van der Waals surface area contributed by atoms with E-state index in [0.29, 0.717) is 11.3 Å². The smallest absolute Gasteiger partial charge is 0.326 e. The molecule has 1 amide bonds. The van der Waals surface area contributed by atoms with Crippen molar-refractivity contribution in [2.24, 2.45) is 0 Å². The second-order valence-corrected chi connectivity index (χ2v) is 5.82. The molecule has 8 nitrogen and oxygen atoms in total. The topological polar surface area (TPSA) is 104 Å². The molecule has 8 heteroatoms. The van der Waals surface area contributed by atoms with E-state index in [1.807, 2.05) is 6.07 Å². The van der Waals surface area contributed by atoms with Gasteiger partial charge in [-0.25, -0.2) is 14.5 Å². The minimum Gasteiger partial charge on any atom is -0.480 e. The molecule has 0 saturated carbocycles. The van der Waals surface area contributed by atoms with Crippen LogP contribution in [0.1, 0.15) is 21.7 Å². The number of imidazole rings is 1. The molecular weight excluding hydrogens is 322 g/mol. The van der Waals surface area contributed by atoms with Crippen molar-refractivity contribution < 1.29 is 14.7 Å². The first-order valence-electron chi connectivity index (χ1n) is 7.78. The number of rotatable bonds is 3. The van der Waals surface area contributed by atoms with Gasteiger partial charge in [0.15, 0.2) is 0 Å². The van der Waals surface area contributed by atoms with Gasteiger partial charge in [-0.05, 0) is 24.3 Å². The first kappa shape index (κ1) is 15.1. The molecule has 0 radical (unpaired) electrons. The Morgan fingerprint density at radius 2 is 2.16 bits per heavy atom. The van der Waals surface area contributed by atoms with Gasteiger partial charge < -0.3 is 15.0 Å². The van der Waals surface area contributed by atoms with Crippen LogP contribution in [0.5, 0.6) is 0 Å². The highest BCUT2D eigenvalue weighted by atomic mass is 16.4. The fourth-order valence-corrected chi connectivity index (χ4v) is 3.04. The van der Waals surface area contributed by atoms with Gasteiger partial charge in [0.2, 0.25) is 0 Å². The first-order chi connectivity index (χ1) is 12.1. The van der Waals surface area contributed by atoms with E-state index in [9.17, 15) is 14.7 Å². The zero-order chi connectivity index (χ0) is 17.4. The SMILES string of the molecule is O=C(O)[C@H]1Cc2nc[nH]c2CN1C(=O)c1cccc(-n2cccn2)c1. The van der Waals surface area contributed by atoms with Crippen molar-refractivity contribution in [3.63, 3.8) is 0 Å².